The van der Waals surface area contributed by atoms with Gasteiger partial charge in [-0.2, -0.15) is 0 Å². The Balaban J connectivity index is 2.02. The number of rotatable bonds is 3. The third-order valence-corrected chi connectivity index (χ3v) is 3.33. The van der Waals surface area contributed by atoms with E-state index in [4.69, 9.17) is 4.74 Å². The largest absolute Gasteiger partial charge is 0.488 e. The summed E-state index contributed by atoms with van der Waals surface area (Å²) in [6.07, 6.45) is 1.23. The van der Waals surface area contributed by atoms with E-state index >= 15 is 0 Å². The Labute approximate surface area is 92.0 Å². The number of nitrogens with zero attached hydrogens (tertiary/aromatic N) is 1. The smallest absolute Gasteiger partial charge is 0.217 e. The van der Waals surface area contributed by atoms with Gasteiger partial charge in [0.2, 0.25) is 9.84 Å². The predicted octanol–water partition coefficient (Wildman–Crippen LogP) is 1.50. The first-order valence-corrected chi connectivity index (χ1v) is 5.98. The van der Waals surface area contributed by atoms with Crippen LogP contribution in [0.25, 0.3) is 0 Å². The molecule has 0 N–H and O–H groups in total. The second-order valence-corrected chi connectivity index (χ2v) is 4.96. The molecule has 0 fully saturated rings. The van der Waals surface area contributed by atoms with E-state index in [9.17, 15) is 12.8 Å². The molecule has 4 nitrogen and oxygen atoms in total. The monoisotopic (exact) mass is 241 g/mol. The second-order valence-electron chi connectivity index (χ2n) is 3.14. The van der Waals surface area contributed by atoms with Crippen molar-refractivity contribution in [3.63, 3.8) is 0 Å². The summed E-state index contributed by atoms with van der Waals surface area (Å²) in [6, 6.07) is 5.34. The Morgan fingerprint density at radius 3 is 2.50 bits per heavy atom. The van der Waals surface area contributed by atoms with Crippen LogP contribution in [0.1, 0.15) is 0 Å². The average molecular weight is 241 g/mol. The van der Waals surface area contributed by atoms with Crippen molar-refractivity contribution in [1.82, 2.24) is 0 Å². The molecule has 0 aliphatic carbocycles. The van der Waals surface area contributed by atoms with Crippen LogP contribution in [-0.2, 0) is 9.84 Å². The summed E-state index contributed by atoms with van der Waals surface area (Å²) in [5.41, 5.74) is 0.871. The van der Waals surface area contributed by atoms with Gasteiger partial charge in [-0.1, -0.05) is 0 Å². The fourth-order valence-electron chi connectivity index (χ4n) is 1.14. The zero-order valence-electron chi connectivity index (χ0n) is 8.13. The highest BCUT2D eigenvalue weighted by Crippen LogP contribution is 2.16. The third-order valence-electron chi connectivity index (χ3n) is 1.98. The van der Waals surface area contributed by atoms with Crippen molar-refractivity contribution in [1.29, 1.82) is 0 Å². The van der Waals surface area contributed by atoms with Crippen LogP contribution in [0, 0.1) is 5.82 Å². The zero-order valence-corrected chi connectivity index (χ0v) is 8.95. The molecule has 0 unspecified atom stereocenters. The summed E-state index contributed by atoms with van der Waals surface area (Å²) in [6.45, 7) is -0.103. The van der Waals surface area contributed by atoms with Gasteiger partial charge in [0.15, 0.2) is 0 Å². The number of hydrogen-bond donors (Lipinski definition) is 0. The molecule has 84 valence electrons. The van der Waals surface area contributed by atoms with Gasteiger partial charge in [-0.15, -0.1) is 0 Å². The third kappa shape index (κ3) is 2.27. The maximum absolute atomic E-state index is 12.6. The van der Waals surface area contributed by atoms with Crippen LogP contribution in [-0.4, -0.2) is 20.6 Å². The molecule has 2 rings (SSSR count). The lowest BCUT2D eigenvalue weighted by Gasteiger charge is -2.05. The summed E-state index contributed by atoms with van der Waals surface area (Å²) >= 11 is 0. The molecule has 1 aliphatic heterocycles. The Morgan fingerprint density at radius 2 is 1.94 bits per heavy atom. The van der Waals surface area contributed by atoms with Gasteiger partial charge in [-0.05, 0) is 24.3 Å². The average Bonchev–Trinajstić information content (AvgIpc) is 2.57. The normalized spacial score (nSPS) is 17.2. The molecule has 0 bridgehead atoms. The van der Waals surface area contributed by atoms with Gasteiger partial charge in [0.25, 0.3) is 0 Å². The SMILES string of the molecule is O=S1(=O)C=NC=C1COc1ccc(F)cc1. The first-order valence-electron chi connectivity index (χ1n) is 4.43. The van der Waals surface area contributed by atoms with Gasteiger partial charge >= 0.3 is 0 Å². The van der Waals surface area contributed by atoms with Crippen molar-refractivity contribution >= 4 is 15.4 Å². The summed E-state index contributed by atoms with van der Waals surface area (Å²) in [7, 11) is -3.40. The topological polar surface area (TPSA) is 55.7 Å². The minimum atomic E-state index is -3.40. The van der Waals surface area contributed by atoms with Crippen LogP contribution in [0.15, 0.2) is 40.4 Å². The molecule has 1 aromatic rings. The summed E-state index contributed by atoms with van der Waals surface area (Å²) in [5, 5.41) is 0. The van der Waals surface area contributed by atoms with Gasteiger partial charge in [0.1, 0.15) is 28.6 Å². The van der Waals surface area contributed by atoms with Gasteiger partial charge < -0.3 is 4.74 Å². The fourth-order valence-corrected chi connectivity index (χ4v) is 1.93. The molecule has 1 heterocycles. The molecule has 0 atom stereocenters. The maximum Gasteiger partial charge on any atom is 0.217 e. The van der Waals surface area contributed by atoms with E-state index < -0.39 is 9.84 Å². The molecule has 0 amide bonds. The highest BCUT2D eigenvalue weighted by molar-refractivity contribution is 8.08. The van der Waals surface area contributed by atoms with Crippen LogP contribution < -0.4 is 4.74 Å². The first-order chi connectivity index (χ1) is 7.58. The van der Waals surface area contributed by atoms with E-state index in [-0.39, 0.29) is 17.3 Å². The lowest BCUT2D eigenvalue weighted by Crippen LogP contribution is -2.09. The summed E-state index contributed by atoms with van der Waals surface area (Å²) in [5.74, 6) is 0.0350. The van der Waals surface area contributed by atoms with Crippen LogP contribution in [0.4, 0.5) is 4.39 Å². The fraction of sp³-hybridized carbons (Fsp3) is 0.100. The second kappa shape index (κ2) is 4.05. The molecular formula is C10H8FNO3S. The van der Waals surface area contributed by atoms with Crippen molar-refractivity contribution in [2.75, 3.05) is 6.61 Å². The minimum absolute atomic E-state index is 0.0943. The van der Waals surface area contributed by atoms with Crippen molar-refractivity contribution in [3.05, 3.63) is 41.2 Å². The van der Waals surface area contributed by atoms with Gasteiger partial charge in [0.05, 0.1) is 0 Å². The van der Waals surface area contributed by atoms with Crippen LogP contribution >= 0.6 is 0 Å². The number of aliphatic imine (C=N–C) groups is 1. The maximum atomic E-state index is 12.6. The van der Waals surface area contributed by atoms with Gasteiger partial charge in [-0.3, -0.25) is 4.99 Å². The molecule has 1 aliphatic rings. The molecule has 6 heteroatoms. The minimum Gasteiger partial charge on any atom is -0.488 e. The molecule has 1 aromatic carbocycles. The van der Waals surface area contributed by atoms with Crippen LogP contribution in [0.5, 0.6) is 5.75 Å². The van der Waals surface area contributed by atoms with Gasteiger partial charge in [0, 0.05) is 6.20 Å². The lowest BCUT2D eigenvalue weighted by atomic mass is 10.3. The van der Waals surface area contributed by atoms with Crippen molar-refractivity contribution in [2.24, 2.45) is 4.99 Å². The molecule has 0 saturated heterocycles. The lowest BCUT2D eigenvalue weighted by molar-refractivity contribution is 0.357. The first kappa shape index (κ1) is 10.8. The van der Waals surface area contributed by atoms with Gasteiger partial charge in [-0.25, -0.2) is 12.8 Å². The van der Waals surface area contributed by atoms with E-state index in [1.165, 1.54) is 30.5 Å². The quantitative estimate of drug-likeness (QED) is 0.805. The Morgan fingerprint density at radius 1 is 1.25 bits per heavy atom. The zero-order chi connectivity index (χ0) is 11.6. The van der Waals surface area contributed by atoms with Crippen molar-refractivity contribution < 1.29 is 17.5 Å². The standard InChI is InChI=1S/C10H8FNO3S/c11-8-1-3-9(4-2-8)15-6-10-5-12-7-16(10,13)14/h1-5,7H,6H2. The molecule has 0 radical (unpaired) electrons. The van der Waals surface area contributed by atoms with E-state index in [1.807, 2.05) is 0 Å². The highest BCUT2D eigenvalue weighted by Gasteiger charge is 2.19. The van der Waals surface area contributed by atoms with Crippen molar-refractivity contribution in [3.8, 4) is 5.75 Å². The molecule has 0 aromatic heterocycles. The Hall–Kier alpha value is -1.69. The molecular weight excluding hydrogens is 233 g/mol. The predicted molar refractivity (Wildman–Crippen MR) is 57.4 cm³/mol. The molecule has 0 saturated carbocycles. The number of sulfone groups is 1. The Bertz CT molecular complexity index is 546. The number of benzene rings is 1. The van der Waals surface area contributed by atoms with E-state index in [0.29, 0.717) is 5.75 Å². The summed E-state index contributed by atoms with van der Waals surface area (Å²) < 4.78 is 40.3. The van der Waals surface area contributed by atoms with E-state index in [0.717, 1.165) is 5.55 Å². The molecule has 16 heavy (non-hydrogen) atoms. The number of ether oxygens (including phenoxy) is 1. The van der Waals surface area contributed by atoms with Crippen molar-refractivity contribution in [2.45, 2.75) is 0 Å². The van der Waals surface area contributed by atoms with E-state index in [1.54, 1.807) is 0 Å². The number of hydrogen-bond acceptors (Lipinski definition) is 4. The van der Waals surface area contributed by atoms with Crippen LogP contribution in [0.3, 0.4) is 0 Å². The number of halogens is 1. The van der Waals surface area contributed by atoms with E-state index in [2.05, 4.69) is 4.99 Å². The van der Waals surface area contributed by atoms with Crippen LogP contribution in [0.2, 0.25) is 0 Å². The Kier molecular flexibility index (Phi) is 2.74. The summed E-state index contributed by atoms with van der Waals surface area (Å²) in [4.78, 5) is 3.62. The highest BCUT2D eigenvalue weighted by atomic mass is 32.2. The molecule has 0 spiro atoms.